The Labute approximate surface area is 125 Å². The third kappa shape index (κ3) is 3.49. The van der Waals surface area contributed by atoms with Gasteiger partial charge in [0.15, 0.2) is 0 Å². The SMILES string of the molecule is CC(NC(=O)c1ccc(Cl)c(N)c1)c1ccc(F)cc1F. The molecule has 2 rings (SSSR count). The van der Waals surface area contributed by atoms with Crippen molar-refractivity contribution >= 4 is 23.2 Å². The zero-order chi connectivity index (χ0) is 15.6. The minimum absolute atomic E-state index is 0.201. The van der Waals surface area contributed by atoms with Gasteiger partial charge in [-0.1, -0.05) is 17.7 Å². The van der Waals surface area contributed by atoms with Gasteiger partial charge in [0.25, 0.3) is 5.91 Å². The summed E-state index contributed by atoms with van der Waals surface area (Å²) in [5, 5.41) is 2.97. The number of anilines is 1. The summed E-state index contributed by atoms with van der Waals surface area (Å²) >= 11 is 5.78. The molecule has 0 fully saturated rings. The maximum absolute atomic E-state index is 13.6. The highest BCUT2D eigenvalue weighted by Gasteiger charge is 2.15. The fourth-order valence-corrected chi connectivity index (χ4v) is 2.01. The minimum Gasteiger partial charge on any atom is -0.398 e. The normalized spacial score (nSPS) is 12.0. The highest BCUT2D eigenvalue weighted by atomic mass is 35.5. The fourth-order valence-electron chi connectivity index (χ4n) is 1.90. The van der Waals surface area contributed by atoms with Gasteiger partial charge in [-0.25, -0.2) is 8.78 Å². The summed E-state index contributed by atoms with van der Waals surface area (Å²) in [6, 6.07) is 7.06. The maximum atomic E-state index is 13.6. The second-order valence-electron chi connectivity index (χ2n) is 4.60. The average Bonchev–Trinajstić information content (AvgIpc) is 2.41. The minimum atomic E-state index is -0.710. The van der Waals surface area contributed by atoms with Crippen LogP contribution < -0.4 is 11.1 Å². The standard InChI is InChI=1S/C15H13ClF2N2O/c1-8(11-4-3-10(17)7-13(11)18)20-15(21)9-2-5-12(16)14(19)6-9/h2-8H,19H2,1H3,(H,20,21). The Bertz CT molecular complexity index is 691. The Morgan fingerprint density at radius 3 is 2.57 bits per heavy atom. The van der Waals surface area contributed by atoms with Gasteiger partial charge in [0.05, 0.1) is 16.8 Å². The van der Waals surface area contributed by atoms with Crippen LogP contribution in [-0.4, -0.2) is 5.91 Å². The molecule has 0 bridgehead atoms. The van der Waals surface area contributed by atoms with E-state index in [2.05, 4.69) is 5.32 Å². The lowest BCUT2D eigenvalue weighted by molar-refractivity contribution is 0.0939. The molecule has 0 aliphatic carbocycles. The molecule has 1 atom stereocenters. The van der Waals surface area contributed by atoms with Crippen molar-refractivity contribution in [3.63, 3.8) is 0 Å². The molecule has 1 unspecified atom stereocenters. The number of nitrogens with one attached hydrogen (secondary N) is 1. The van der Waals surface area contributed by atoms with Gasteiger partial charge in [0.1, 0.15) is 11.6 Å². The molecule has 110 valence electrons. The molecule has 0 saturated carbocycles. The number of hydrogen-bond donors (Lipinski definition) is 2. The molecule has 3 N–H and O–H groups in total. The summed E-state index contributed by atoms with van der Waals surface area (Å²) in [6.45, 7) is 1.60. The number of nitrogens with two attached hydrogens (primary N) is 1. The predicted octanol–water partition coefficient (Wildman–Crippen LogP) is 3.69. The summed E-state index contributed by atoms with van der Waals surface area (Å²) in [4.78, 5) is 12.1. The molecule has 0 radical (unpaired) electrons. The number of amides is 1. The lowest BCUT2D eigenvalue weighted by atomic mass is 10.1. The van der Waals surface area contributed by atoms with E-state index in [9.17, 15) is 13.6 Å². The highest BCUT2D eigenvalue weighted by molar-refractivity contribution is 6.33. The van der Waals surface area contributed by atoms with Crippen LogP contribution in [0.2, 0.25) is 5.02 Å². The number of rotatable bonds is 3. The summed E-state index contributed by atoms with van der Waals surface area (Å²) < 4.78 is 26.5. The van der Waals surface area contributed by atoms with Crippen LogP contribution in [0.4, 0.5) is 14.5 Å². The van der Waals surface area contributed by atoms with Crippen molar-refractivity contribution in [1.29, 1.82) is 0 Å². The molecular weight excluding hydrogens is 298 g/mol. The molecule has 6 heteroatoms. The second kappa shape index (κ2) is 6.10. The van der Waals surface area contributed by atoms with Crippen molar-refractivity contribution in [2.75, 3.05) is 5.73 Å². The van der Waals surface area contributed by atoms with Crippen LogP contribution in [0.15, 0.2) is 36.4 Å². The van der Waals surface area contributed by atoms with E-state index in [4.69, 9.17) is 17.3 Å². The van der Waals surface area contributed by atoms with Crippen LogP contribution in [0, 0.1) is 11.6 Å². The van der Waals surface area contributed by atoms with Crippen LogP contribution in [-0.2, 0) is 0 Å². The van der Waals surface area contributed by atoms with Crippen molar-refractivity contribution in [3.8, 4) is 0 Å². The monoisotopic (exact) mass is 310 g/mol. The Morgan fingerprint density at radius 2 is 1.95 bits per heavy atom. The Morgan fingerprint density at radius 1 is 1.24 bits per heavy atom. The number of benzene rings is 2. The van der Waals surface area contributed by atoms with Crippen LogP contribution in [0.3, 0.4) is 0 Å². The van der Waals surface area contributed by atoms with Crippen molar-refractivity contribution in [1.82, 2.24) is 5.32 Å². The average molecular weight is 311 g/mol. The van der Waals surface area contributed by atoms with Gasteiger partial charge in [0.2, 0.25) is 0 Å². The first-order valence-corrected chi connectivity index (χ1v) is 6.57. The smallest absolute Gasteiger partial charge is 0.251 e. The van der Waals surface area contributed by atoms with E-state index >= 15 is 0 Å². The van der Waals surface area contributed by atoms with E-state index in [1.807, 2.05) is 0 Å². The first kappa shape index (κ1) is 15.3. The van der Waals surface area contributed by atoms with E-state index in [0.29, 0.717) is 10.6 Å². The molecular formula is C15H13ClF2N2O. The molecule has 0 spiro atoms. The second-order valence-corrected chi connectivity index (χ2v) is 5.00. The Hall–Kier alpha value is -2.14. The maximum Gasteiger partial charge on any atom is 0.251 e. The van der Waals surface area contributed by atoms with Crippen molar-refractivity contribution in [2.24, 2.45) is 0 Å². The Balaban J connectivity index is 2.16. The first-order chi connectivity index (χ1) is 9.88. The third-order valence-corrected chi connectivity index (χ3v) is 3.38. The fraction of sp³-hybridized carbons (Fsp3) is 0.133. The van der Waals surface area contributed by atoms with Gasteiger partial charge in [-0.05, 0) is 31.2 Å². The van der Waals surface area contributed by atoms with E-state index < -0.39 is 23.6 Å². The third-order valence-electron chi connectivity index (χ3n) is 3.03. The zero-order valence-corrected chi connectivity index (χ0v) is 11.9. The largest absolute Gasteiger partial charge is 0.398 e. The number of halogens is 3. The van der Waals surface area contributed by atoms with Crippen LogP contribution in [0.25, 0.3) is 0 Å². The Kier molecular flexibility index (Phi) is 4.43. The summed E-state index contributed by atoms with van der Waals surface area (Å²) in [5.41, 5.74) is 6.42. The molecule has 0 aromatic heterocycles. The predicted molar refractivity (Wildman–Crippen MR) is 78.1 cm³/mol. The van der Waals surface area contributed by atoms with E-state index in [-0.39, 0.29) is 11.3 Å². The van der Waals surface area contributed by atoms with Crippen molar-refractivity contribution < 1.29 is 13.6 Å². The molecule has 3 nitrogen and oxygen atoms in total. The number of nitrogen functional groups attached to an aromatic ring is 1. The molecule has 0 heterocycles. The van der Waals surface area contributed by atoms with E-state index in [0.717, 1.165) is 12.1 Å². The number of hydrogen-bond acceptors (Lipinski definition) is 2. The molecule has 0 saturated heterocycles. The quantitative estimate of drug-likeness (QED) is 0.849. The molecule has 2 aromatic rings. The lowest BCUT2D eigenvalue weighted by Crippen LogP contribution is -2.27. The molecule has 0 aliphatic rings. The first-order valence-electron chi connectivity index (χ1n) is 6.19. The molecule has 2 aromatic carbocycles. The zero-order valence-electron chi connectivity index (χ0n) is 11.2. The van der Waals surface area contributed by atoms with Crippen LogP contribution >= 0.6 is 11.6 Å². The lowest BCUT2D eigenvalue weighted by Gasteiger charge is -2.15. The van der Waals surface area contributed by atoms with Crippen molar-refractivity contribution in [2.45, 2.75) is 13.0 Å². The molecule has 1 amide bonds. The summed E-state index contributed by atoms with van der Waals surface area (Å²) in [5.74, 6) is -1.80. The molecule has 0 aliphatic heterocycles. The van der Waals surface area contributed by atoms with Gasteiger partial charge in [-0.3, -0.25) is 4.79 Å². The topological polar surface area (TPSA) is 55.1 Å². The number of carbonyl (C=O) groups is 1. The van der Waals surface area contributed by atoms with Gasteiger partial charge in [-0.15, -0.1) is 0 Å². The van der Waals surface area contributed by atoms with E-state index in [1.165, 1.54) is 24.3 Å². The van der Waals surface area contributed by atoms with E-state index in [1.54, 1.807) is 6.92 Å². The molecule has 21 heavy (non-hydrogen) atoms. The van der Waals surface area contributed by atoms with Gasteiger partial charge in [0, 0.05) is 17.2 Å². The van der Waals surface area contributed by atoms with Gasteiger partial charge < -0.3 is 11.1 Å². The van der Waals surface area contributed by atoms with Gasteiger partial charge >= 0.3 is 0 Å². The summed E-state index contributed by atoms with van der Waals surface area (Å²) in [7, 11) is 0. The van der Waals surface area contributed by atoms with Gasteiger partial charge in [-0.2, -0.15) is 0 Å². The van der Waals surface area contributed by atoms with Crippen molar-refractivity contribution in [3.05, 3.63) is 64.2 Å². The summed E-state index contributed by atoms with van der Waals surface area (Å²) in [6.07, 6.45) is 0. The highest BCUT2D eigenvalue weighted by Crippen LogP contribution is 2.21. The van der Waals surface area contributed by atoms with Crippen LogP contribution in [0.5, 0.6) is 0 Å². The van der Waals surface area contributed by atoms with Crippen LogP contribution in [0.1, 0.15) is 28.9 Å². The number of carbonyl (C=O) groups excluding carboxylic acids is 1.